The van der Waals surface area contributed by atoms with Crippen LogP contribution >= 0.6 is 15.9 Å². The summed E-state index contributed by atoms with van der Waals surface area (Å²) in [5.41, 5.74) is 0.924. The van der Waals surface area contributed by atoms with Gasteiger partial charge in [-0.3, -0.25) is 0 Å². The third kappa shape index (κ3) is 3.47. The second-order valence-electron chi connectivity index (χ2n) is 3.33. The summed E-state index contributed by atoms with van der Waals surface area (Å²) in [6.07, 6.45) is 0. The fraction of sp³-hybridized carbons (Fsp3) is 0.400. The number of hydrogen-bond donors (Lipinski definition) is 0. The molecule has 0 aromatic heterocycles. The van der Waals surface area contributed by atoms with E-state index in [2.05, 4.69) is 15.9 Å². The Morgan fingerprint density at radius 2 is 1.88 bits per heavy atom. The summed E-state index contributed by atoms with van der Waals surface area (Å²) in [5.74, 6) is 0.759. The number of rotatable bonds is 5. The van der Waals surface area contributed by atoms with Gasteiger partial charge in [0.25, 0.3) is 0 Å². The van der Waals surface area contributed by atoms with Crippen LogP contribution in [0.5, 0.6) is 5.75 Å². The molecule has 0 aliphatic carbocycles. The molecular weight excluding hydrogens is 294 g/mol. The van der Waals surface area contributed by atoms with Crippen LogP contribution in [0.3, 0.4) is 0 Å². The van der Waals surface area contributed by atoms with Crippen LogP contribution in [0.1, 0.15) is 5.56 Å². The highest BCUT2D eigenvalue weighted by Crippen LogP contribution is 2.14. The number of benzene rings is 1. The van der Waals surface area contributed by atoms with Gasteiger partial charge in [0.2, 0.25) is 10.0 Å². The number of methoxy groups -OCH3 is 1. The molecule has 0 atom stereocenters. The lowest BCUT2D eigenvalue weighted by molar-refractivity contribution is 0.414. The van der Waals surface area contributed by atoms with E-state index in [1.165, 1.54) is 4.31 Å². The van der Waals surface area contributed by atoms with Crippen molar-refractivity contribution in [2.24, 2.45) is 0 Å². The van der Waals surface area contributed by atoms with Gasteiger partial charge in [-0.15, -0.1) is 0 Å². The third-order valence-electron chi connectivity index (χ3n) is 2.18. The summed E-state index contributed by atoms with van der Waals surface area (Å²) in [6.45, 7) is 0.359. The molecule has 1 aromatic carbocycles. The number of nitrogens with zero attached hydrogens (tertiary/aromatic N) is 1. The summed E-state index contributed by atoms with van der Waals surface area (Å²) in [7, 11) is -0.0433. The molecule has 1 aromatic rings. The Morgan fingerprint density at radius 3 is 2.31 bits per heavy atom. The molecule has 0 bridgehead atoms. The predicted octanol–water partition coefficient (Wildman–Crippen LogP) is 1.81. The molecular formula is C10H14BrNO3S. The Kier molecular flexibility index (Phi) is 4.76. The standard InChI is InChI=1S/C10H14BrNO3S/c1-12(16(13,14)8-11)7-9-3-5-10(15-2)6-4-9/h3-6H,7-8H2,1-2H3. The molecule has 4 nitrogen and oxygen atoms in total. The van der Waals surface area contributed by atoms with Crippen molar-refractivity contribution in [1.29, 1.82) is 0 Å². The molecule has 0 heterocycles. The van der Waals surface area contributed by atoms with Gasteiger partial charge in [-0.25, -0.2) is 8.42 Å². The fourth-order valence-corrected chi connectivity index (χ4v) is 2.73. The van der Waals surface area contributed by atoms with Gasteiger partial charge >= 0.3 is 0 Å². The SMILES string of the molecule is COc1ccc(CN(C)S(=O)(=O)CBr)cc1. The number of hydrogen-bond acceptors (Lipinski definition) is 3. The van der Waals surface area contributed by atoms with E-state index in [-0.39, 0.29) is 4.66 Å². The maximum absolute atomic E-state index is 11.5. The van der Waals surface area contributed by atoms with Crippen LogP contribution in [0.2, 0.25) is 0 Å². The largest absolute Gasteiger partial charge is 0.497 e. The molecule has 0 radical (unpaired) electrons. The van der Waals surface area contributed by atoms with Crippen molar-refractivity contribution in [3.05, 3.63) is 29.8 Å². The number of halogens is 1. The van der Waals surface area contributed by atoms with Crippen LogP contribution < -0.4 is 4.74 Å². The number of ether oxygens (including phenoxy) is 1. The van der Waals surface area contributed by atoms with E-state index in [1.807, 2.05) is 24.3 Å². The minimum atomic E-state index is -3.19. The van der Waals surface area contributed by atoms with Gasteiger partial charge in [-0.05, 0) is 17.7 Å². The second-order valence-corrected chi connectivity index (χ2v) is 6.70. The van der Waals surface area contributed by atoms with Gasteiger partial charge in [-0.1, -0.05) is 28.1 Å². The molecule has 90 valence electrons. The summed E-state index contributed by atoms with van der Waals surface area (Å²) in [4.78, 5) is 0. The van der Waals surface area contributed by atoms with Gasteiger partial charge in [0.1, 0.15) is 10.4 Å². The molecule has 0 aliphatic heterocycles. The fourth-order valence-electron chi connectivity index (χ4n) is 1.17. The molecule has 0 saturated carbocycles. The molecule has 16 heavy (non-hydrogen) atoms. The monoisotopic (exact) mass is 307 g/mol. The topological polar surface area (TPSA) is 46.6 Å². The van der Waals surface area contributed by atoms with E-state index < -0.39 is 10.0 Å². The molecule has 0 saturated heterocycles. The van der Waals surface area contributed by atoms with Crippen molar-refractivity contribution in [1.82, 2.24) is 4.31 Å². The summed E-state index contributed by atoms with van der Waals surface area (Å²) >= 11 is 2.96. The van der Waals surface area contributed by atoms with Crippen LogP contribution in [0, 0.1) is 0 Å². The van der Waals surface area contributed by atoms with E-state index in [0.717, 1.165) is 11.3 Å². The maximum atomic E-state index is 11.5. The zero-order valence-electron chi connectivity index (χ0n) is 9.18. The second kappa shape index (κ2) is 5.65. The van der Waals surface area contributed by atoms with Gasteiger partial charge in [0.05, 0.1) is 7.11 Å². The first kappa shape index (κ1) is 13.5. The van der Waals surface area contributed by atoms with E-state index in [1.54, 1.807) is 14.2 Å². The Bertz CT molecular complexity index is 430. The van der Waals surface area contributed by atoms with Gasteiger partial charge in [0.15, 0.2) is 0 Å². The van der Waals surface area contributed by atoms with Crippen LogP contribution in [0.15, 0.2) is 24.3 Å². The smallest absolute Gasteiger partial charge is 0.224 e. The molecule has 1 rings (SSSR count). The first-order valence-electron chi connectivity index (χ1n) is 4.62. The first-order chi connectivity index (χ1) is 7.49. The Hall–Kier alpha value is -0.590. The van der Waals surface area contributed by atoms with Crippen LogP contribution in [0.4, 0.5) is 0 Å². The van der Waals surface area contributed by atoms with Crippen molar-refractivity contribution in [3.8, 4) is 5.75 Å². The Balaban J connectivity index is 2.74. The highest BCUT2D eigenvalue weighted by atomic mass is 79.9. The van der Waals surface area contributed by atoms with E-state index in [4.69, 9.17) is 4.74 Å². The Morgan fingerprint density at radius 1 is 1.31 bits per heavy atom. The number of alkyl halides is 1. The first-order valence-corrected chi connectivity index (χ1v) is 7.35. The summed E-state index contributed by atoms with van der Waals surface area (Å²) in [6, 6.07) is 7.31. The minimum Gasteiger partial charge on any atom is -0.497 e. The molecule has 0 spiro atoms. The zero-order chi connectivity index (χ0) is 12.2. The van der Waals surface area contributed by atoms with Crippen LogP contribution in [0.25, 0.3) is 0 Å². The average molecular weight is 308 g/mol. The van der Waals surface area contributed by atoms with Crippen molar-refractivity contribution >= 4 is 26.0 Å². The molecule has 6 heteroatoms. The summed E-state index contributed by atoms with van der Waals surface area (Å²) in [5, 5.41) is 0. The summed E-state index contributed by atoms with van der Waals surface area (Å²) < 4.78 is 29.2. The van der Waals surface area contributed by atoms with Crippen LogP contribution in [-0.4, -0.2) is 31.5 Å². The van der Waals surface area contributed by atoms with Gasteiger partial charge in [-0.2, -0.15) is 4.31 Å². The lowest BCUT2D eigenvalue weighted by Crippen LogP contribution is -2.26. The van der Waals surface area contributed by atoms with E-state index in [0.29, 0.717) is 6.54 Å². The zero-order valence-corrected chi connectivity index (χ0v) is 11.6. The highest BCUT2D eigenvalue weighted by Gasteiger charge is 2.15. The molecule has 0 N–H and O–H groups in total. The molecule has 0 aliphatic rings. The van der Waals surface area contributed by atoms with Gasteiger partial charge in [0, 0.05) is 13.6 Å². The molecule has 0 amide bonds. The van der Waals surface area contributed by atoms with Crippen molar-refractivity contribution in [2.75, 3.05) is 18.8 Å². The van der Waals surface area contributed by atoms with Crippen molar-refractivity contribution in [3.63, 3.8) is 0 Å². The third-order valence-corrected chi connectivity index (χ3v) is 5.27. The predicted molar refractivity (Wildman–Crippen MR) is 67.2 cm³/mol. The molecule has 0 fully saturated rings. The van der Waals surface area contributed by atoms with Gasteiger partial charge < -0.3 is 4.74 Å². The lowest BCUT2D eigenvalue weighted by atomic mass is 10.2. The molecule has 0 unspecified atom stereocenters. The highest BCUT2D eigenvalue weighted by molar-refractivity contribution is 9.10. The minimum absolute atomic E-state index is 0.0628. The quantitative estimate of drug-likeness (QED) is 0.779. The lowest BCUT2D eigenvalue weighted by Gasteiger charge is -2.15. The van der Waals surface area contributed by atoms with Crippen molar-refractivity contribution < 1.29 is 13.2 Å². The average Bonchev–Trinajstić information content (AvgIpc) is 2.30. The Labute approximate surface area is 104 Å². The van der Waals surface area contributed by atoms with Crippen molar-refractivity contribution in [2.45, 2.75) is 6.54 Å². The van der Waals surface area contributed by atoms with E-state index in [9.17, 15) is 8.42 Å². The maximum Gasteiger partial charge on any atom is 0.224 e. The van der Waals surface area contributed by atoms with Crippen LogP contribution in [-0.2, 0) is 16.6 Å². The van der Waals surface area contributed by atoms with E-state index >= 15 is 0 Å². The number of sulfonamides is 1. The normalized spacial score (nSPS) is 11.8.